The van der Waals surface area contributed by atoms with E-state index in [1.54, 1.807) is 6.08 Å². The Balaban J connectivity index is -0.000000337. The van der Waals surface area contributed by atoms with E-state index in [1.165, 1.54) is 6.42 Å². The van der Waals surface area contributed by atoms with E-state index in [2.05, 4.69) is 27.0 Å². The summed E-state index contributed by atoms with van der Waals surface area (Å²) in [4.78, 5) is 0. The molecule has 0 aliphatic rings. The molecule has 0 spiro atoms. The number of aliphatic hydroxyl groups is 1. The Hall–Kier alpha value is -0.820. The normalized spacial score (nSPS) is 10.5. The minimum absolute atomic E-state index is 0.123. The lowest BCUT2D eigenvalue weighted by Gasteiger charge is -2.23. The molecule has 1 nitrogen and oxygen atoms in total. The van der Waals surface area contributed by atoms with Gasteiger partial charge in [0.05, 0.1) is 6.61 Å². The first-order valence-electron chi connectivity index (χ1n) is 6.46. The van der Waals surface area contributed by atoms with Gasteiger partial charge in [0, 0.05) is 5.41 Å². The van der Waals surface area contributed by atoms with Gasteiger partial charge in [-0.25, -0.2) is 0 Å². The van der Waals surface area contributed by atoms with E-state index in [-0.39, 0.29) is 12.0 Å². The zero-order valence-electron chi connectivity index (χ0n) is 12.9. The summed E-state index contributed by atoms with van der Waals surface area (Å²) in [6, 6.07) is 0. The van der Waals surface area contributed by atoms with Crippen LogP contribution in [0.3, 0.4) is 0 Å². The maximum absolute atomic E-state index is 9.09. The van der Waals surface area contributed by atoms with Crippen molar-refractivity contribution in [1.29, 1.82) is 0 Å². The van der Waals surface area contributed by atoms with Crippen molar-refractivity contribution in [1.82, 2.24) is 0 Å². The van der Waals surface area contributed by atoms with Crippen LogP contribution in [0.25, 0.3) is 0 Å². The number of hydrogen-bond acceptors (Lipinski definition) is 1. The SMILES string of the molecule is C=C/C(=C\C(=C)C)C(C)(C)CO.CC.CCC. The zero-order valence-corrected chi connectivity index (χ0v) is 12.9. The van der Waals surface area contributed by atoms with E-state index in [0.29, 0.717) is 0 Å². The summed E-state index contributed by atoms with van der Waals surface area (Å²) >= 11 is 0. The first-order chi connectivity index (χ1) is 7.85. The summed E-state index contributed by atoms with van der Waals surface area (Å²) in [5.74, 6) is 0. The van der Waals surface area contributed by atoms with Crippen molar-refractivity contribution in [2.24, 2.45) is 5.41 Å². The third kappa shape index (κ3) is 13.1. The summed E-state index contributed by atoms with van der Waals surface area (Å²) < 4.78 is 0. The van der Waals surface area contributed by atoms with Crippen molar-refractivity contribution in [2.45, 2.75) is 54.9 Å². The van der Waals surface area contributed by atoms with Gasteiger partial charge in [-0.15, -0.1) is 0 Å². The summed E-state index contributed by atoms with van der Waals surface area (Å²) in [5.41, 5.74) is 1.78. The number of aliphatic hydroxyl groups excluding tert-OH is 1. The molecular weight excluding hydrogens is 208 g/mol. The third-order valence-electron chi connectivity index (χ3n) is 1.80. The smallest absolute Gasteiger partial charge is 0.0522 e. The van der Waals surface area contributed by atoms with Gasteiger partial charge in [0.1, 0.15) is 0 Å². The van der Waals surface area contributed by atoms with Gasteiger partial charge in [-0.05, 0) is 12.5 Å². The molecule has 0 radical (unpaired) electrons. The highest BCUT2D eigenvalue weighted by Crippen LogP contribution is 2.26. The van der Waals surface area contributed by atoms with Crippen LogP contribution in [0.2, 0.25) is 0 Å². The van der Waals surface area contributed by atoms with Crippen molar-refractivity contribution in [3.8, 4) is 0 Å². The first kappa shape index (κ1) is 21.5. The lowest BCUT2D eigenvalue weighted by Crippen LogP contribution is -2.18. The van der Waals surface area contributed by atoms with Crippen molar-refractivity contribution < 1.29 is 5.11 Å². The molecule has 0 aliphatic carbocycles. The number of allylic oxidation sites excluding steroid dienone is 3. The van der Waals surface area contributed by atoms with E-state index in [9.17, 15) is 0 Å². The van der Waals surface area contributed by atoms with Crippen LogP contribution in [0.4, 0.5) is 0 Å². The largest absolute Gasteiger partial charge is 0.395 e. The van der Waals surface area contributed by atoms with Gasteiger partial charge in [-0.1, -0.05) is 78.8 Å². The second-order valence-corrected chi connectivity index (χ2v) is 4.40. The standard InChI is InChI=1S/C11H18O.C3H8.C2H6/c1-6-10(7-9(2)3)11(4,5)8-12;1-3-2;1-2/h6-7,12H,1-2,8H2,3-5H3;3H2,1-2H3;1-2H3/b10-7+;;. The maximum atomic E-state index is 9.09. The van der Waals surface area contributed by atoms with Crippen LogP contribution < -0.4 is 0 Å². The minimum atomic E-state index is -0.222. The lowest BCUT2D eigenvalue weighted by molar-refractivity contribution is 0.193. The topological polar surface area (TPSA) is 20.2 Å². The lowest BCUT2D eigenvalue weighted by atomic mass is 9.84. The van der Waals surface area contributed by atoms with Crippen LogP contribution >= 0.6 is 0 Å². The molecule has 0 unspecified atom stereocenters. The Morgan fingerprint density at radius 2 is 1.59 bits per heavy atom. The average molecular weight is 240 g/mol. The van der Waals surface area contributed by atoms with E-state index >= 15 is 0 Å². The Labute approximate surface area is 109 Å². The zero-order chi connectivity index (χ0) is 14.5. The molecule has 0 atom stereocenters. The van der Waals surface area contributed by atoms with Gasteiger partial charge in [-0.2, -0.15) is 0 Å². The quantitative estimate of drug-likeness (QED) is 0.675. The molecule has 0 bridgehead atoms. The molecule has 0 aromatic carbocycles. The van der Waals surface area contributed by atoms with Crippen LogP contribution in [0.1, 0.15) is 54.9 Å². The summed E-state index contributed by atoms with van der Waals surface area (Å²) in [5, 5.41) is 9.09. The van der Waals surface area contributed by atoms with E-state index in [4.69, 9.17) is 5.11 Å². The number of rotatable bonds is 4. The van der Waals surface area contributed by atoms with Crippen LogP contribution in [-0.4, -0.2) is 11.7 Å². The highest BCUT2D eigenvalue weighted by atomic mass is 16.3. The molecule has 0 rings (SSSR count). The molecule has 102 valence electrons. The second kappa shape index (κ2) is 13.2. The highest BCUT2D eigenvalue weighted by Gasteiger charge is 2.19. The van der Waals surface area contributed by atoms with Crippen molar-refractivity contribution in [2.75, 3.05) is 6.61 Å². The molecule has 0 heterocycles. The molecule has 1 N–H and O–H groups in total. The third-order valence-corrected chi connectivity index (χ3v) is 1.80. The Bertz CT molecular complexity index is 222. The molecule has 0 saturated heterocycles. The maximum Gasteiger partial charge on any atom is 0.0522 e. The summed E-state index contributed by atoms with van der Waals surface area (Å²) in [7, 11) is 0. The molecule has 17 heavy (non-hydrogen) atoms. The summed E-state index contributed by atoms with van der Waals surface area (Å²) in [6.07, 6.45) is 4.97. The summed E-state index contributed by atoms with van der Waals surface area (Å²) in [6.45, 7) is 21.7. The molecule has 1 heteroatoms. The average Bonchev–Trinajstić information content (AvgIpc) is 2.29. The first-order valence-corrected chi connectivity index (χ1v) is 6.46. The minimum Gasteiger partial charge on any atom is -0.395 e. The van der Waals surface area contributed by atoms with E-state index < -0.39 is 0 Å². The van der Waals surface area contributed by atoms with Crippen molar-refractivity contribution in [3.63, 3.8) is 0 Å². The van der Waals surface area contributed by atoms with Crippen molar-refractivity contribution >= 4 is 0 Å². The van der Waals surface area contributed by atoms with Gasteiger partial charge in [-0.3, -0.25) is 0 Å². The van der Waals surface area contributed by atoms with Crippen LogP contribution in [0.5, 0.6) is 0 Å². The molecule has 0 saturated carbocycles. The highest BCUT2D eigenvalue weighted by molar-refractivity contribution is 5.31. The fourth-order valence-corrected chi connectivity index (χ4v) is 0.887. The van der Waals surface area contributed by atoms with Crippen LogP contribution in [0.15, 0.2) is 36.5 Å². The van der Waals surface area contributed by atoms with Gasteiger partial charge >= 0.3 is 0 Å². The monoisotopic (exact) mass is 240 g/mol. The van der Waals surface area contributed by atoms with Crippen LogP contribution in [-0.2, 0) is 0 Å². The van der Waals surface area contributed by atoms with E-state index in [1.807, 2.05) is 40.7 Å². The molecule has 0 amide bonds. The molecule has 0 fully saturated rings. The molecule has 0 aliphatic heterocycles. The number of hydrogen-bond donors (Lipinski definition) is 1. The molecule has 0 aromatic rings. The van der Waals surface area contributed by atoms with Crippen LogP contribution in [0, 0.1) is 5.41 Å². The second-order valence-electron chi connectivity index (χ2n) is 4.40. The Kier molecular flexibility index (Phi) is 16.7. The van der Waals surface area contributed by atoms with Gasteiger partial charge in [0.2, 0.25) is 0 Å². The van der Waals surface area contributed by atoms with E-state index in [0.717, 1.165) is 11.1 Å². The van der Waals surface area contributed by atoms with Gasteiger partial charge < -0.3 is 5.11 Å². The fourth-order valence-electron chi connectivity index (χ4n) is 0.887. The Morgan fingerprint density at radius 1 is 1.24 bits per heavy atom. The Morgan fingerprint density at radius 3 is 1.76 bits per heavy atom. The molecular formula is C16H32O. The van der Waals surface area contributed by atoms with Gasteiger partial charge in [0.15, 0.2) is 0 Å². The van der Waals surface area contributed by atoms with Gasteiger partial charge in [0.25, 0.3) is 0 Å². The predicted octanol–water partition coefficient (Wildman–Crippen LogP) is 5.14. The molecule has 0 aromatic heterocycles. The fraction of sp³-hybridized carbons (Fsp3) is 0.625. The van der Waals surface area contributed by atoms with Crippen molar-refractivity contribution in [3.05, 3.63) is 36.5 Å². The predicted molar refractivity (Wildman–Crippen MR) is 81.3 cm³/mol.